The molecule has 5 heteroatoms. The first-order chi connectivity index (χ1) is 5.02. The van der Waals surface area contributed by atoms with Crippen LogP contribution in [-0.2, 0) is 9.36 Å². The summed E-state index contributed by atoms with van der Waals surface area (Å²) in [6.07, 6.45) is 0.474. The molecular formula is C6H14NO3P. The van der Waals surface area contributed by atoms with Gasteiger partial charge in [0, 0.05) is 19.2 Å². The van der Waals surface area contributed by atoms with E-state index in [1.54, 1.807) is 6.92 Å². The highest BCUT2D eigenvalue weighted by molar-refractivity contribution is 7.61. The maximum absolute atomic E-state index is 11.3. The molecule has 11 heavy (non-hydrogen) atoms. The Morgan fingerprint density at radius 1 is 1.64 bits per heavy atom. The van der Waals surface area contributed by atoms with Crippen molar-refractivity contribution in [1.29, 1.82) is 0 Å². The highest BCUT2D eigenvalue weighted by Crippen LogP contribution is 2.34. The molecule has 0 aromatic rings. The second-order valence-electron chi connectivity index (χ2n) is 2.44. The molecule has 2 N–H and O–H groups in total. The van der Waals surface area contributed by atoms with Crippen LogP contribution in [0.5, 0.6) is 0 Å². The summed E-state index contributed by atoms with van der Waals surface area (Å²) < 4.78 is 11.3. The van der Waals surface area contributed by atoms with Gasteiger partial charge >= 0.3 is 0 Å². The summed E-state index contributed by atoms with van der Waals surface area (Å²) in [7, 11) is -2.61. The Hall–Kier alpha value is -0.340. The first kappa shape index (κ1) is 10.7. The molecule has 0 saturated carbocycles. The molecule has 0 aliphatic rings. The molecule has 0 rings (SSSR count). The fourth-order valence-electron chi connectivity index (χ4n) is 0.590. The zero-order chi connectivity index (χ0) is 8.91. The highest BCUT2D eigenvalue weighted by atomic mass is 31.2. The molecule has 1 amide bonds. The van der Waals surface area contributed by atoms with Gasteiger partial charge in [-0.05, 0) is 0 Å². The number of aliphatic hydroxyl groups is 1. The number of amides is 1. The third kappa shape index (κ3) is 4.99. The smallest absolute Gasteiger partial charge is 0.225 e. The molecule has 0 aliphatic heterocycles. The highest BCUT2D eigenvalue weighted by Gasteiger charge is 2.15. The van der Waals surface area contributed by atoms with Gasteiger partial charge in [0.05, 0.1) is 6.61 Å². The summed E-state index contributed by atoms with van der Waals surface area (Å²) >= 11 is 0. The van der Waals surface area contributed by atoms with Gasteiger partial charge in [0.15, 0.2) is 7.29 Å². The van der Waals surface area contributed by atoms with E-state index in [4.69, 9.17) is 5.11 Å². The van der Waals surface area contributed by atoms with Gasteiger partial charge in [-0.3, -0.25) is 4.79 Å². The molecule has 66 valence electrons. The monoisotopic (exact) mass is 179 g/mol. The topological polar surface area (TPSA) is 66.4 Å². The quantitative estimate of drug-likeness (QED) is 0.614. The van der Waals surface area contributed by atoms with Gasteiger partial charge in [0.25, 0.3) is 0 Å². The van der Waals surface area contributed by atoms with E-state index in [1.807, 2.05) is 0 Å². The van der Waals surface area contributed by atoms with Gasteiger partial charge in [-0.2, -0.15) is 0 Å². The third-order valence-electron chi connectivity index (χ3n) is 1.21. The lowest BCUT2D eigenvalue weighted by atomic mass is 10.5. The molecule has 1 unspecified atom stereocenters. The van der Waals surface area contributed by atoms with Gasteiger partial charge in [-0.1, -0.05) is 6.92 Å². The van der Waals surface area contributed by atoms with E-state index in [0.29, 0.717) is 6.42 Å². The van der Waals surface area contributed by atoms with Crippen LogP contribution in [-0.4, -0.2) is 30.4 Å². The van der Waals surface area contributed by atoms with Crippen molar-refractivity contribution in [2.24, 2.45) is 0 Å². The second kappa shape index (κ2) is 4.52. The van der Waals surface area contributed by atoms with Crippen molar-refractivity contribution in [3.05, 3.63) is 0 Å². The van der Waals surface area contributed by atoms with Crippen LogP contribution in [0.3, 0.4) is 0 Å². The molecule has 0 heterocycles. The van der Waals surface area contributed by atoms with Crippen LogP contribution in [0.4, 0.5) is 0 Å². The largest absolute Gasteiger partial charge is 0.396 e. The van der Waals surface area contributed by atoms with E-state index in [9.17, 15) is 9.36 Å². The average molecular weight is 179 g/mol. The van der Waals surface area contributed by atoms with Crippen molar-refractivity contribution in [1.82, 2.24) is 5.09 Å². The summed E-state index contributed by atoms with van der Waals surface area (Å²) in [5, 5.41) is 10.8. The minimum absolute atomic E-state index is 0.152. The number of nitrogens with one attached hydrogen (secondary N) is 1. The van der Waals surface area contributed by atoms with Crippen LogP contribution in [0, 0.1) is 0 Å². The molecule has 0 aromatic carbocycles. The zero-order valence-corrected chi connectivity index (χ0v) is 7.73. The van der Waals surface area contributed by atoms with Crippen LogP contribution in [0.15, 0.2) is 0 Å². The van der Waals surface area contributed by atoms with Crippen LogP contribution in [0.1, 0.15) is 13.3 Å². The van der Waals surface area contributed by atoms with Gasteiger partial charge in [-0.25, -0.2) is 0 Å². The Morgan fingerprint density at radius 3 is 2.55 bits per heavy atom. The molecule has 0 fully saturated rings. The predicted molar refractivity (Wildman–Crippen MR) is 43.9 cm³/mol. The summed E-state index contributed by atoms with van der Waals surface area (Å²) in [6, 6.07) is 0. The molecule has 0 aliphatic carbocycles. The third-order valence-corrected chi connectivity index (χ3v) is 2.98. The Morgan fingerprint density at radius 2 is 2.18 bits per heavy atom. The number of aliphatic hydroxyl groups excluding tert-OH is 1. The van der Waals surface area contributed by atoms with Crippen LogP contribution >= 0.6 is 7.29 Å². The fourth-order valence-corrected chi connectivity index (χ4v) is 1.77. The molecule has 0 radical (unpaired) electrons. The maximum Gasteiger partial charge on any atom is 0.225 e. The number of rotatable bonds is 4. The molecule has 0 bridgehead atoms. The van der Waals surface area contributed by atoms with Gasteiger partial charge in [0.1, 0.15) is 0 Å². The zero-order valence-electron chi connectivity index (χ0n) is 6.83. The van der Waals surface area contributed by atoms with Crippen molar-refractivity contribution >= 4 is 13.2 Å². The average Bonchev–Trinajstić information content (AvgIpc) is 1.86. The van der Waals surface area contributed by atoms with Crippen LogP contribution in [0.25, 0.3) is 0 Å². The Bertz CT molecular complexity index is 181. The maximum atomic E-state index is 11.3. The van der Waals surface area contributed by atoms with Crippen molar-refractivity contribution in [2.75, 3.05) is 19.4 Å². The lowest BCUT2D eigenvalue weighted by Gasteiger charge is -2.12. The first-order valence-electron chi connectivity index (χ1n) is 3.50. The van der Waals surface area contributed by atoms with E-state index in [1.165, 1.54) is 6.66 Å². The molecular weight excluding hydrogens is 165 g/mol. The fraction of sp³-hybridized carbons (Fsp3) is 0.833. The molecule has 4 nitrogen and oxygen atoms in total. The standard InChI is InChI=1S/C6H14NO3P/c1-3-6(9)7-11(2,10)5-4-8/h8H,3-5H2,1-2H3,(H,7,9,10). The van der Waals surface area contributed by atoms with Crippen LogP contribution in [0.2, 0.25) is 0 Å². The van der Waals surface area contributed by atoms with E-state index in [-0.39, 0.29) is 18.7 Å². The first-order valence-corrected chi connectivity index (χ1v) is 5.84. The van der Waals surface area contributed by atoms with Gasteiger partial charge < -0.3 is 14.8 Å². The Kier molecular flexibility index (Phi) is 4.38. The minimum atomic E-state index is -2.61. The second-order valence-corrected chi connectivity index (χ2v) is 5.31. The number of carbonyl (C=O) groups is 1. The minimum Gasteiger partial charge on any atom is -0.396 e. The van der Waals surface area contributed by atoms with Gasteiger partial charge in [0.2, 0.25) is 5.91 Å². The van der Waals surface area contributed by atoms with Crippen molar-refractivity contribution < 1.29 is 14.5 Å². The molecule has 1 atom stereocenters. The summed E-state index contributed by atoms with van der Waals surface area (Å²) in [6.45, 7) is 2.99. The summed E-state index contributed by atoms with van der Waals surface area (Å²) in [4.78, 5) is 10.7. The Labute approximate surface area is 66.4 Å². The Balaban J connectivity index is 3.91. The van der Waals surface area contributed by atoms with Crippen molar-refractivity contribution in [2.45, 2.75) is 13.3 Å². The van der Waals surface area contributed by atoms with E-state index >= 15 is 0 Å². The molecule has 0 aromatic heterocycles. The SMILES string of the molecule is CCC(=O)NP(C)(=O)CCO. The normalized spacial score (nSPS) is 15.5. The van der Waals surface area contributed by atoms with E-state index in [0.717, 1.165) is 0 Å². The van der Waals surface area contributed by atoms with Gasteiger partial charge in [-0.15, -0.1) is 0 Å². The summed E-state index contributed by atoms with van der Waals surface area (Å²) in [5.74, 6) is -0.232. The number of hydrogen-bond acceptors (Lipinski definition) is 3. The molecule has 0 saturated heterocycles. The van der Waals surface area contributed by atoms with E-state index in [2.05, 4.69) is 5.09 Å². The van der Waals surface area contributed by atoms with E-state index < -0.39 is 7.29 Å². The van der Waals surface area contributed by atoms with Crippen LogP contribution < -0.4 is 5.09 Å². The van der Waals surface area contributed by atoms with Crippen molar-refractivity contribution in [3.63, 3.8) is 0 Å². The molecule has 0 spiro atoms. The number of carbonyl (C=O) groups excluding carboxylic acids is 1. The van der Waals surface area contributed by atoms with Crippen molar-refractivity contribution in [3.8, 4) is 0 Å². The lowest BCUT2D eigenvalue weighted by molar-refractivity contribution is -0.119. The predicted octanol–water partition coefficient (Wildman–Crippen LogP) is 0.413. The number of hydrogen-bond donors (Lipinski definition) is 2. The lowest BCUT2D eigenvalue weighted by Crippen LogP contribution is -2.20. The summed E-state index contributed by atoms with van der Waals surface area (Å²) in [5.41, 5.74) is 0.